The van der Waals surface area contributed by atoms with E-state index in [9.17, 15) is 8.42 Å². The number of piperidine rings is 1. The molecule has 2 heterocycles. The third kappa shape index (κ3) is 2.79. The van der Waals surface area contributed by atoms with Crippen LogP contribution >= 0.6 is 11.3 Å². The zero-order chi connectivity index (χ0) is 15.0. The van der Waals surface area contributed by atoms with Crippen molar-refractivity contribution in [2.45, 2.75) is 51.5 Å². The van der Waals surface area contributed by atoms with Gasteiger partial charge in [-0.3, -0.25) is 0 Å². The Labute approximate surface area is 126 Å². The Hall–Kier alpha value is -0.430. The van der Waals surface area contributed by atoms with Crippen LogP contribution in [0.4, 0.5) is 0 Å². The van der Waals surface area contributed by atoms with E-state index in [1.54, 1.807) is 4.31 Å². The van der Waals surface area contributed by atoms with Crippen LogP contribution in [0.2, 0.25) is 0 Å². The van der Waals surface area contributed by atoms with Gasteiger partial charge in [0.1, 0.15) is 4.90 Å². The summed E-state index contributed by atoms with van der Waals surface area (Å²) in [5.74, 6) is 0. The molecule has 20 heavy (non-hydrogen) atoms. The van der Waals surface area contributed by atoms with Gasteiger partial charge in [-0.05, 0) is 36.1 Å². The molecule has 0 amide bonds. The Morgan fingerprint density at radius 2 is 2.00 bits per heavy atom. The van der Waals surface area contributed by atoms with Crippen LogP contribution in [0.1, 0.15) is 43.6 Å². The summed E-state index contributed by atoms with van der Waals surface area (Å²) in [7, 11) is -3.39. The summed E-state index contributed by atoms with van der Waals surface area (Å²) in [6.07, 6.45) is 2.97. The molecule has 4 nitrogen and oxygen atoms in total. The summed E-state index contributed by atoms with van der Waals surface area (Å²) in [6, 6.07) is 0. The number of hydrogen-bond acceptors (Lipinski definition) is 4. The predicted molar refractivity (Wildman–Crippen MR) is 83.3 cm³/mol. The van der Waals surface area contributed by atoms with Gasteiger partial charge in [-0.2, -0.15) is 4.31 Å². The smallest absolute Gasteiger partial charge is 0.244 e. The van der Waals surface area contributed by atoms with E-state index in [2.05, 4.69) is 13.8 Å². The number of rotatable bonds is 4. The van der Waals surface area contributed by atoms with Gasteiger partial charge in [0.15, 0.2) is 0 Å². The van der Waals surface area contributed by atoms with Crippen LogP contribution in [-0.2, 0) is 16.6 Å². The number of hydrogen-bond donors (Lipinski definition) is 1. The quantitative estimate of drug-likeness (QED) is 0.929. The van der Waals surface area contributed by atoms with E-state index < -0.39 is 10.0 Å². The molecule has 1 aromatic rings. The Morgan fingerprint density at radius 1 is 1.40 bits per heavy atom. The lowest BCUT2D eigenvalue weighted by molar-refractivity contribution is 0.169. The molecular weight excluding hydrogens is 292 g/mol. The molecule has 0 atom stereocenters. The Balaban J connectivity index is 2.26. The normalized spacial score (nSPS) is 20.2. The molecule has 0 aliphatic carbocycles. The van der Waals surface area contributed by atoms with Gasteiger partial charge in [0.05, 0.1) is 0 Å². The van der Waals surface area contributed by atoms with Crippen LogP contribution in [0, 0.1) is 12.3 Å². The highest BCUT2D eigenvalue weighted by atomic mass is 32.2. The molecule has 0 saturated carbocycles. The summed E-state index contributed by atoms with van der Waals surface area (Å²) >= 11 is 1.44. The molecule has 0 spiro atoms. The van der Waals surface area contributed by atoms with Crippen molar-refractivity contribution < 1.29 is 8.42 Å². The van der Waals surface area contributed by atoms with Crippen molar-refractivity contribution in [2.75, 3.05) is 13.1 Å². The van der Waals surface area contributed by atoms with Gasteiger partial charge >= 0.3 is 0 Å². The molecule has 1 aliphatic rings. The van der Waals surface area contributed by atoms with Crippen LogP contribution in [0.25, 0.3) is 0 Å². The molecule has 114 valence electrons. The first-order chi connectivity index (χ1) is 9.34. The van der Waals surface area contributed by atoms with E-state index in [0.29, 0.717) is 18.0 Å². The van der Waals surface area contributed by atoms with Gasteiger partial charge in [-0.15, -0.1) is 11.3 Å². The Morgan fingerprint density at radius 3 is 2.50 bits per heavy atom. The minimum Gasteiger partial charge on any atom is -0.326 e. The maximum Gasteiger partial charge on any atom is 0.244 e. The molecule has 2 rings (SSSR count). The lowest BCUT2D eigenvalue weighted by atomic mass is 9.79. The highest BCUT2D eigenvalue weighted by molar-refractivity contribution is 7.89. The maximum absolute atomic E-state index is 12.8. The van der Waals surface area contributed by atoms with Gasteiger partial charge in [-0.25, -0.2) is 8.42 Å². The van der Waals surface area contributed by atoms with E-state index in [4.69, 9.17) is 5.73 Å². The molecule has 0 bridgehead atoms. The van der Waals surface area contributed by atoms with Gasteiger partial charge in [0.2, 0.25) is 10.0 Å². The fraction of sp³-hybridized carbons (Fsp3) is 0.714. The van der Waals surface area contributed by atoms with Gasteiger partial charge in [0.25, 0.3) is 0 Å². The first kappa shape index (κ1) is 15.9. The third-order valence-electron chi connectivity index (χ3n) is 4.56. The number of nitrogens with two attached hydrogens (primary N) is 1. The second kappa shape index (κ2) is 5.75. The highest BCUT2D eigenvalue weighted by Crippen LogP contribution is 2.37. The van der Waals surface area contributed by atoms with Crippen LogP contribution < -0.4 is 5.73 Å². The van der Waals surface area contributed by atoms with Crippen molar-refractivity contribution in [2.24, 2.45) is 11.1 Å². The number of sulfonamides is 1. The lowest BCUT2D eigenvalue weighted by Gasteiger charge is -2.38. The van der Waals surface area contributed by atoms with E-state index in [1.165, 1.54) is 11.3 Å². The molecule has 1 aliphatic heterocycles. The van der Waals surface area contributed by atoms with Gasteiger partial charge < -0.3 is 5.73 Å². The summed E-state index contributed by atoms with van der Waals surface area (Å²) in [4.78, 5) is 1.22. The summed E-state index contributed by atoms with van der Waals surface area (Å²) in [5, 5.41) is 1.88. The molecule has 1 fully saturated rings. The third-order valence-corrected chi connectivity index (χ3v) is 7.94. The monoisotopic (exact) mass is 316 g/mol. The van der Waals surface area contributed by atoms with Gasteiger partial charge in [-0.1, -0.05) is 20.3 Å². The molecule has 0 aromatic carbocycles. The molecule has 0 radical (unpaired) electrons. The number of aryl methyl sites for hydroxylation is 1. The van der Waals surface area contributed by atoms with Crippen molar-refractivity contribution >= 4 is 21.4 Å². The maximum atomic E-state index is 12.8. The molecule has 0 unspecified atom stereocenters. The fourth-order valence-electron chi connectivity index (χ4n) is 2.72. The van der Waals surface area contributed by atoms with Crippen LogP contribution in [0.5, 0.6) is 0 Å². The number of nitrogens with zero attached hydrogens (tertiary/aromatic N) is 1. The average molecular weight is 316 g/mol. The average Bonchev–Trinajstić information content (AvgIpc) is 2.81. The van der Waals surface area contributed by atoms with Crippen molar-refractivity contribution in [1.82, 2.24) is 4.31 Å². The van der Waals surface area contributed by atoms with E-state index in [0.717, 1.165) is 29.7 Å². The molecule has 6 heteroatoms. The highest BCUT2D eigenvalue weighted by Gasteiger charge is 2.36. The second-order valence-corrected chi connectivity index (χ2v) is 8.78. The Bertz CT molecular complexity index is 570. The van der Waals surface area contributed by atoms with Crippen molar-refractivity contribution in [3.05, 3.63) is 15.8 Å². The van der Waals surface area contributed by atoms with Crippen LogP contribution in [0.15, 0.2) is 10.3 Å². The molecule has 2 N–H and O–H groups in total. The zero-order valence-corrected chi connectivity index (χ0v) is 14.1. The minimum absolute atomic E-state index is 0.284. The van der Waals surface area contributed by atoms with Crippen molar-refractivity contribution in [3.63, 3.8) is 0 Å². The molecule has 1 aromatic heterocycles. The first-order valence-corrected chi connectivity index (χ1v) is 9.43. The summed E-state index contributed by atoms with van der Waals surface area (Å²) < 4.78 is 27.3. The summed E-state index contributed by atoms with van der Waals surface area (Å²) in [6.45, 7) is 7.80. The number of thiophene rings is 1. The molecule has 1 saturated heterocycles. The second-order valence-electron chi connectivity index (χ2n) is 5.94. The van der Waals surface area contributed by atoms with Crippen LogP contribution in [0.3, 0.4) is 0 Å². The molecular formula is C14H24N2O2S2. The first-order valence-electron chi connectivity index (χ1n) is 7.11. The standard InChI is InChI=1S/C14H24N2O2S2/c1-4-14(3)5-7-16(8-6-14)20(17,18)13-11(2)10-19-12(13)9-15/h10H,4-9,15H2,1-3H3. The topological polar surface area (TPSA) is 63.4 Å². The summed E-state index contributed by atoms with van der Waals surface area (Å²) in [5.41, 5.74) is 6.79. The van der Waals surface area contributed by atoms with Gasteiger partial charge in [0, 0.05) is 24.5 Å². The largest absolute Gasteiger partial charge is 0.326 e. The van der Waals surface area contributed by atoms with Crippen molar-refractivity contribution in [3.8, 4) is 0 Å². The van der Waals surface area contributed by atoms with Crippen molar-refractivity contribution in [1.29, 1.82) is 0 Å². The SMILES string of the molecule is CCC1(C)CCN(S(=O)(=O)c2c(C)csc2CN)CC1. The van der Waals surface area contributed by atoms with E-state index in [1.807, 2.05) is 12.3 Å². The predicted octanol–water partition coefficient (Wildman–Crippen LogP) is 2.72. The zero-order valence-electron chi connectivity index (χ0n) is 12.5. The van der Waals surface area contributed by atoms with E-state index in [-0.39, 0.29) is 12.0 Å². The fourth-order valence-corrected chi connectivity index (χ4v) is 5.82. The van der Waals surface area contributed by atoms with E-state index >= 15 is 0 Å². The van der Waals surface area contributed by atoms with Crippen LogP contribution in [-0.4, -0.2) is 25.8 Å². The minimum atomic E-state index is -3.39. The lowest BCUT2D eigenvalue weighted by Crippen LogP contribution is -2.42. The Kier molecular flexibility index (Phi) is 4.59.